The van der Waals surface area contributed by atoms with Crippen LogP contribution in [0.4, 0.5) is 0 Å². The lowest BCUT2D eigenvalue weighted by Gasteiger charge is -2.47. The van der Waals surface area contributed by atoms with Gasteiger partial charge in [-0.15, -0.1) is 0 Å². The Morgan fingerprint density at radius 2 is 1.30 bits per heavy atom. The van der Waals surface area contributed by atoms with Gasteiger partial charge in [0.25, 0.3) is 11.8 Å². The lowest BCUT2D eigenvalue weighted by Crippen LogP contribution is -2.62. The average Bonchev–Trinajstić information content (AvgIpc) is 4.27. The van der Waals surface area contributed by atoms with Crippen molar-refractivity contribution in [3.63, 3.8) is 0 Å². The van der Waals surface area contributed by atoms with Gasteiger partial charge in [-0.05, 0) is 118 Å². The van der Waals surface area contributed by atoms with E-state index >= 15 is 0 Å². The van der Waals surface area contributed by atoms with Crippen molar-refractivity contribution in [3.8, 4) is 45.8 Å². The Morgan fingerprint density at radius 3 is 1.90 bits per heavy atom. The molecule has 10 heterocycles. The van der Waals surface area contributed by atoms with Crippen molar-refractivity contribution in [2.45, 2.75) is 134 Å². The smallest absolute Gasteiger partial charge is 0.251 e. The maximum absolute atomic E-state index is 13.7. The van der Waals surface area contributed by atoms with Gasteiger partial charge < -0.3 is 34.2 Å². The lowest BCUT2D eigenvalue weighted by atomic mass is 9.96. The first-order valence-corrected chi connectivity index (χ1v) is 32.0. The van der Waals surface area contributed by atoms with E-state index in [2.05, 4.69) is 79.0 Å². The van der Waals surface area contributed by atoms with Crippen molar-refractivity contribution < 1.29 is 34.0 Å². The quantitative estimate of drug-likeness (QED) is 0.0512. The van der Waals surface area contributed by atoms with E-state index in [1.54, 1.807) is 25.5 Å². The summed E-state index contributed by atoms with van der Waals surface area (Å²) >= 11 is 0. The highest BCUT2D eigenvalue weighted by Gasteiger charge is 2.48. The first-order valence-electron chi connectivity index (χ1n) is 28.3. The minimum absolute atomic E-state index is 0.0445. The average molecular weight is 1110 g/mol. The maximum atomic E-state index is 13.7. The molecule has 0 aliphatic carbocycles. The van der Waals surface area contributed by atoms with E-state index in [0.29, 0.717) is 69.1 Å². The predicted octanol–water partition coefficient (Wildman–Crippen LogP) is 8.45. The van der Waals surface area contributed by atoms with Gasteiger partial charge in [-0.25, -0.2) is 14.6 Å². The monoisotopic (exact) mass is 1110 g/mol. The van der Waals surface area contributed by atoms with E-state index in [1.165, 1.54) is 6.92 Å². The Kier molecular flexibility index (Phi) is 15.3. The number of fused-ring (bicyclic) bond motifs is 6. The molecule has 0 saturated carbocycles. The summed E-state index contributed by atoms with van der Waals surface area (Å²) in [6.07, 6.45) is 7.67. The summed E-state index contributed by atoms with van der Waals surface area (Å²) in [6, 6.07) is 33.2. The SMILES string of the molecule is CC(O)C(=O)N1CC2CCC(C1)N2Cc1ccc2cc(Oc3ccc(-c4cc(CC5C6CCC(CN5C(=O)C(C)O)N6Cc5ccc6cc(Oc7ccc(-c8ccnn8COCC[Si](C)(C)C)cn7)ccc6n5)[nH]n4)cn3)ccc2n1. The van der Waals surface area contributed by atoms with Crippen molar-refractivity contribution in [3.05, 3.63) is 133 Å². The molecule has 4 bridgehead atoms. The third-order valence-corrected chi connectivity index (χ3v) is 18.2. The van der Waals surface area contributed by atoms with E-state index in [-0.39, 0.29) is 42.0 Å². The number of piperazine rings is 2. The topological polar surface area (TPSA) is 213 Å². The van der Waals surface area contributed by atoms with Crippen molar-refractivity contribution in [2.75, 3.05) is 26.2 Å². The standard InChI is InChI=1S/C61H70N12O7Si/c1-38(74)60(76)69-34-47-12-13-48(35-69)70(47)32-44-10-6-40-26-50(15-17-52(40)65-44)79-58-20-8-42(30-62-58)54-28-46(67-68-54)29-57-56-19-14-49(36-72(57)61(77)39(2)75)71(56)33-45-11-7-41-27-51(16-18-53(41)66-45)80-59-21-9-43(31-63-59)55-22-23-64-73(55)37-78-24-25-81(3,4)5/h6-11,15-18,20-23,26-28,30-31,38-39,47-49,56-57,74-75H,12-14,19,24-25,29,32-37H2,1-5H3,(H,67,68). The summed E-state index contributed by atoms with van der Waals surface area (Å²) in [5.41, 5.74) is 7.92. The molecule has 20 heteroatoms. The van der Waals surface area contributed by atoms with Crippen LogP contribution in [0, 0.1) is 0 Å². The van der Waals surface area contributed by atoms with E-state index in [9.17, 15) is 19.8 Å². The molecule has 2 aromatic carbocycles. The van der Waals surface area contributed by atoms with Gasteiger partial charge in [0.15, 0.2) is 0 Å². The van der Waals surface area contributed by atoms with Crippen LogP contribution in [0.3, 0.4) is 0 Å². The molecule has 4 aliphatic rings. The number of nitrogens with zero attached hydrogens (tertiary/aromatic N) is 11. The molecule has 0 radical (unpaired) electrons. The number of pyridine rings is 4. The molecule has 7 atom stereocenters. The second-order valence-electron chi connectivity index (χ2n) is 23.5. The molecule has 4 fully saturated rings. The van der Waals surface area contributed by atoms with Gasteiger partial charge in [0, 0.05) is 136 Å². The number of hydrogen-bond acceptors (Lipinski definition) is 15. The number of carbonyl (C=O) groups excluding carboxylic acids is 2. The summed E-state index contributed by atoms with van der Waals surface area (Å²) in [6.45, 7) is 14.3. The predicted molar refractivity (Wildman–Crippen MR) is 309 cm³/mol. The fourth-order valence-corrected chi connectivity index (χ4v) is 13.0. The highest BCUT2D eigenvalue weighted by Crippen LogP contribution is 2.39. The maximum Gasteiger partial charge on any atom is 0.251 e. The van der Waals surface area contributed by atoms with Crippen molar-refractivity contribution in [2.24, 2.45) is 0 Å². The number of ether oxygens (including phenoxy) is 3. The minimum Gasteiger partial charge on any atom is -0.439 e. The lowest BCUT2D eigenvalue weighted by molar-refractivity contribution is -0.147. The summed E-state index contributed by atoms with van der Waals surface area (Å²) < 4.78 is 20.2. The van der Waals surface area contributed by atoms with Gasteiger partial charge in [-0.1, -0.05) is 31.8 Å². The molecule has 7 unspecified atom stereocenters. The summed E-state index contributed by atoms with van der Waals surface area (Å²) in [4.78, 5) is 54.2. The van der Waals surface area contributed by atoms with Crippen LogP contribution in [-0.4, -0.2) is 158 Å². The van der Waals surface area contributed by atoms with E-state index in [4.69, 9.17) is 24.2 Å². The van der Waals surface area contributed by atoms with Crippen LogP contribution in [-0.2, 0) is 40.6 Å². The number of aromatic amines is 1. The van der Waals surface area contributed by atoms with Crippen molar-refractivity contribution in [1.82, 2.24) is 59.5 Å². The third-order valence-electron chi connectivity index (χ3n) is 16.5. The zero-order valence-electron chi connectivity index (χ0n) is 46.6. The van der Waals surface area contributed by atoms with Gasteiger partial charge >= 0.3 is 0 Å². The Balaban J connectivity index is 0.666. The first-order chi connectivity index (χ1) is 39.1. The molecular weight excluding hydrogens is 1040 g/mol. The fraction of sp³-hybridized carbons (Fsp3) is 0.410. The Labute approximate surface area is 471 Å². The number of nitrogens with one attached hydrogen (secondary N) is 1. The highest BCUT2D eigenvalue weighted by atomic mass is 28.3. The number of likely N-dealkylation sites (tertiary alicyclic amines) is 2. The van der Waals surface area contributed by atoms with E-state index in [1.807, 2.05) is 87.3 Å². The number of rotatable bonds is 19. The molecule has 8 aromatic rings. The Bertz CT molecular complexity index is 3540. The van der Waals surface area contributed by atoms with E-state index < -0.39 is 20.3 Å². The molecule has 4 saturated heterocycles. The molecule has 3 N–H and O–H groups in total. The first kappa shape index (κ1) is 54.1. The number of carbonyl (C=O) groups is 2. The van der Waals surface area contributed by atoms with Crippen LogP contribution in [0.1, 0.15) is 56.6 Å². The number of amides is 2. The number of aliphatic hydroxyl groups is 2. The number of aromatic nitrogens is 8. The zero-order valence-corrected chi connectivity index (χ0v) is 47.6. The molecule has 0 spiro atoms. The summed E-state index contributed by atoms with van der Waals surface area (Å²) in [5.74, 6) is 1.77. The summed E-state index contributed by atoms with van der Waals surface area (Å²) in [5, 5.41) is 34.7. The second-order valence-corrected chi connectivity index (χ2v) is 29.1. The zero-order chi connectivity index (χ0) is 55.9. The second kappa shape index (κ2) is 22.8. The van der Waals surface area contributed by atoms with Gasteiger partial charge in [-0.2, -0.15) is 10.2 Å². The summed E-state index contributed by atoms with van der Waals surface area (Å²) in [7, 11) is -1.18. The van der Waals surface area contributed by atoms with Crippen LogP contribution in [0.5, 0.6) is 23.3 Å². The number of hydrogen-bond donors (Lipinski definition) is 3. The number of H-pyrrole nitrogens is 1. The largest absolute Gasteiger partial charge is 0.439 e. The molecule has 2 amide bonds. The Hall–Kier alpha value is -7.46. The molecule has 6 aromatic heterocycles. The third kappa shape index (κ3) is 12.0. The Morgan fingerprint density at radius 1 is 0.691 bits per heavy atom. The molecule has 81 heavy (non-hydrogen) atoms. The number of benzene rings is 2. The fourth-order valence-electron chi connectivity index (χ4n) is 12.3. The van der Waals surface area contributed by atoms with Gasteiger partial charge in [0.1, 0.15) is 30.4 Å². The highest BCUT2D eigenvalue weighted by molar-refractivity contribution is 6.76. The van der Waals surface area contributed by atoms with E-state index in [0.717, 1.165) is 99.7 Å². The van der Waals surface area contributed by atoms with Gasteiger partial charge in [0.2, 0.25) is 11.8 Å². The molecule has 12 rings (SSSR count). The normalized spacial score (nSPS) is 21.0. The van der Waals surface area contributed by atoms with Crippen LogP contribution in [0.2, 0.25) is 25.7 Å². The molecule has 4 aliphatic heterocycles. The van der Waals surface area contributed by atoms with Crippen LogP contribution in [0.25, 0.3) is 44.3 Å². The van der Waals surface area contributed by atoms with Crippen LogP contribution >= 0.6 is 0 Å². The van der Waals surface area contributed by atoms with Crippen LogP contribution < -0.4 is 9.47 Å². The van der Waals surface area contributed by atoms with Gasteiger partial charge in [-0.3, -0.25) is 34.5 Å². The molecule has 420 valence electrons. The van der Waals surface area contributed by atoms with Gasteiger partial charge in [0.05, 0.1) is 39.9 Å². The number of aliphatic hydroxyl groups excluding tert-OH is 2. The minimum atomic E-state index is -1.18. The van der Waals surface area contributed by atoms with Crippen LogP contribution in [0.15, 0.2) is 116 Å². The molecule has 19 nitrogen and oxygen atoms in total. The van der Waals surface area contributed by atoms with Crippen molar-refractivity contribution >= 4 is 41.7 Å². The van der Waals surface area contributed by atoms with Crippen molar-refractivity contribution in [1.29, 1.82) is 0 Å². The molecular formula is C61H70N12O7Si.